The lowest BCUT2D eigenvalue weighted by Gasteiger charge is -2.32. The molecule has 2 N–H and O–H groups in total. The minimum absolute atomic E-state index is 0.242. The summed E-state index contributed by atoms with van der Waals surface area (Å²) in [5.74, 6) is 0.878. The first-order valence-electron chi connectivity index (χ1n) is 8.51. The second-order valence-electron chi connectivity index (χ2n) is 6.72. The van der Waals surface area contributed by atoms with Crippen molar-refractivity contribution in [1.82, 2.24) is 4.90 Å². The number of carbonyl (C=O) groups is 1. The van der Waals surface area contributed by atoms with E-state index in [1.54, 1.807) is 0 Å². The Labute approximate surface area is 144 Å². The highest BCUT2D eigenvalue weighted by molar-refractivity contribution is 6.33. The van der Waals surface area contributed by atoms with Crippen molar-refractivity contribution in [2.75, 3.05) is 30.3 Å². The molecule has 1 aliphatic rings. The highest BCUT2D eigenvalue weighted by Crippen LogP contribution is 2.29. The molecule has 1 aromatic carbocycles. The summed E-state index contributed by atoms with van der Waals surface area (Å²) in [7, 11) is 0. The standard InChI is InChI=1S/C18H28ClN3O/c1-4-18(23)21-9-8-15(12-21)22(10-7-13(2)3)14-5-6-17(20)16(19)11-14/h5-6,11,13,15H,4,7-10,12,20H2,1-3H3. The summed E-state index contributed by atoms with van der Waals surface area (Å²) in [6.07, 6.45) is 2.69. The number of likely N-dealkylation sites (tertiary alicyclic amines) is 1. The van der Waals surface area contributed by atoms with Crippen molar-refractivity contribution >= 4 is 28.9 Å². The van der Waals surface area contributed by atoms with Gasteiger partial charge in [-0.25, -0.2) is 0 Å². The third kappa shape index (κ3) is 4.54. The van der Waals surface area contributed by atoms with Crippen LogP contribution >= 0.6 is 11.6 Å². The summed E-state index contributed by atoms with van der Waals surface area (Å²) < 4.78 is 0. The Bertz CT molecular complexity index is 547. The maximum atomic E-state index is 12.0. The first kappa shape index (κ1) is 17.9. The quantitative estimate of drug-likeness (QED) is 0.803. The number of anilines is 2. The largest absolute Gasteiger partial charge is 0.398 e. The van der Waals surface area contributed by atoms with E-state index >= 15 is 0 Å². The van der Waals surface area contributed by atoms with Gasteiger partial charge >= 0.3 is 0 Å². The van der Waals surface area contributed by atoms with Gasteiger partial charge in [0.15, 0.2) is 0 Å². The molecule has 1 atom stereocenters. The number of rotatable bonds is 6. The number of carbonyl (C=O) groups excluding carboxylic acids is 1. The summed E-state index contributed by atoms with van der Waals surface area (Å²) in [6, 6.07) is 6.20. The highest BCUT2D eigenvalue weighted by atomic mass is 35.5. The van der Waals surface area contributed by atoms with Gasteiger partial charge in [-0.05, 0) is 37.0 Å². The number of nitrogens with two attached hydrogens (primary N) is 1. The molecule has 1 fully saturated rings. The number of nitrogen functional groups attached to an aromatic ring is 1. The zero-order valence-corrected chi connectivity index (χ0v) is 15.1. The summed E-state index contributed by atoms with van der Waals surface area (Å²) in [5.41, 5.74) is 7.54. The second kappa shape index (κ2) is 7.91. The molecule has 1 aromatic rings. The van der Waals surface area contributed by atoms with Gasteiger partial charge in [0.1, 0.15) is 0 Å². The molecular weight excluding hydrogens is 310 g/mol. The van der Waals surface area contributed by atoms with Gasteiger partial charge in [0.2, 0.25) is 5.91 Å². The first-order valence-corrected chi connectivity index (χ1v) is 8.89. The molecule has 4 nitrogen and oxygen atoms in total. The molecule has 1 amide bonds. The summed E-state index contributed by atoms with van der Waals surface area (Å²) >= 11 is 6.21. The van der Waals surface area contributed by atoms with Crippen LogP contribution in [-0.2, 0) is 4.79 Å². The minimum Gasteiger partial charge on any atom is -0.398 e. The second-order valence-corrected chi connectivity index (χ2v) is 7.12. The van der Waals surface area contributed by atoms with E-state index in [9.17, 15) is 4.79 Å². The van der Waals surface area contributed by atoms with E-state index in [2.05, 4.69) is 18.7 Å². The van der Waals surface area contributed by atoms with E-state index in [0.717, 1.165) is 38.2 Å². The summed E-state index contributed by atoms with van der Waals surface area (Å²) in [5, 5.41) is 0.594. The Balaban J connectivity index is 2.17. The molecule has 1 heterocycles. The zero-order valence-electron chi connectivity index (χ0n) is 14.4. The van der Waals surface area contributed by atoms with Crippen LogP contribution in [-0.4, -0.2) is 36.5 Å². The summed E-state index contributed by atoms with van der Waals surface area (Å²) in [6.45, 7) is 9.00. The predicted octanol–water partition coefficient (Wildman–Crippen LogP) is 3.79. The van der Waals surface area contributed by atoms with Crippen LogP contribution < -0.4 is 10.6 Å². The molecule has 23 heavy (non-hydrogen) atoms. The molecule has 0 aromatic heterocycles. The number of halogens is 1. The molecule has 0 aliphatic carbocycles. The highest BCUT2D eigenvalue weighted by Gasteiger charge is 2.30. The lowest BCUT2D eigenvalue weighted by atomic mass is 10.1. The maximum Gasteiger partial charge on any atom is 0.222 e. The third-order valence-corrected chi connectivity index (χ3v) is 4.85. The molecule has 1 aliphatic heterocycles. The molecule has 1 unspecified atom stereocenters. The third-order valence-electron chi connectivity index (χ3n) is 4.52. The van der Waals surface area contributed by atoms with E-state index < -0.39 is 0 Å². The number of hydrogen-bond acceptors (Lipinski definition) is 3. The zero-order chi connectivity index (χ0) is 17.0. The minimum atomic E-state index is 0.242. The Morgan fingerprint density at radius 3 is 2.83 bits per heavy atom. The number of amides is 1. The van der Waals surface area contributed by atoms with Gasteiger partial charge in [-0.15, -0.1) is 0 Å². The fraction of sp³-hybridized carbons (Fsp3) is 0.611. The normalized spacial score (nSPS) is 17.8. The first-order chi connectivity index (χ1) is 10.9. The molecule has 0 saturated carbocycles. The Morgan fingerprint density at radius 2 is 2.22 bits per heavy atom. The van der Waals surface area contributed by atoms with Crippen LogP contribution in [0.25, 0.3) is 0 Å². The van der Waals surface area contributed by atoms with Gasteiger partial charge in [0.05, 0.1) is 10.7 Å². The van der Waals surface area contributed by atoms with Crippen LogP contribution in [0.2, 0.25) is 5.02 Å². The van der Waals surface area contributed by atoms with Crippen molar-refractivity contribution in [3.05, 3.63) is 23.2 Å². The smallest absolute Gasteiger partial charge is 0.222 e. The molecular formula is C18H28ClN3O. The van der Waals surface area contributed by atoms with Gasteiger partial charge in [-0.3, -0.25) is 4.79 Å². The molecule has 2 rings (SSSR count). The van der Waals surface area contributed by atoms with Gasteiger partial charge in [0, 0.05) is 37.8 Å². The van der Waals surface area contributed by atoms with Crippen molar-refractivity contribution in [2.24, 2.45) is 5.92 Å². The molecule has 5 heteroatoms. The molecule has 0 radical (unpaired) electrons. The van der Waals surface area contributed by atoms with Gasteiger partial charge < -0.3 is 15.5 Å². The fourth-order valence-corrected chi connectivity index (χ4v) is 3.24. The predicted molar refractivity (Wildman–Crippen MR) is 97.9 cm³/mol. The Hall–Kier alpha value is -1.42. The average Bonchev–Trinajstić information content (AvgIpc) is 2.99. The van der Waals surface area contributed by atoms with Crippen molar-refractivity contribution in [2.45, 2.75) is 46.1 Å². The van der Waals surface area contributed by atoms with Crippen molar-refractivity contribution in [1.29, 1.82) is 0 Å². The van der Waals surface area contributed by atoms with Crippen LogP contribution in [0.4, 0.5) is 11.4 Å². The van der Waals surface area contributed by atoms with Crippen molar-refractivity contribution in [3.63, 3.8) is 0 Å². The molecule has 1 saturated heterocycles. The van der Waals surface area contributed by atoms with Crippen molar-refractivity contribution < 1.29 is 4.79 Å². The van der Waals surface area contributed by atoms with Crippen LogP contribution in [0.1, 0.15) is 40.0 Å². The van der Waals surface area contributed by atoms with E-state index in [1.807, 2.05) is 30.0 Å². The molecule has 0 spiro atoms. The number of nitrogens with zero attached hydrogens (tertiary/aromatic N) is 2. The SMILES string of the molecule is CCC(=O)N1CCC(N(CCC(C)C)c2ccc(N)c(Cl)c2)C1. The van der Waals surface area contributed by atoms with E-state index in [1.165, 1.54) is 0 Å². The van der Waals surface area contributed by atoms with E-state index in [4.69, 9.17) is 17.3 Å². The van der Waals surface area contributed by atoms with Crippen LogP contribution in [0.15, 0.2) is 18.2 Å². The van der Waals surface area contributed by atoms with E-state index in [-0.39, 0.29) is 5.91 Å². The maximum absolute atomic E-state index is 12.0. The lowest BCUT2D eigenvalue weighted by Crippen LogP contribution is -2.40. The number of hydrogen-bond donors (Lipinski definition) is 1. The fourth-order valence-electron chi connectivity index (χ4n) is 3.06. The topological polar surface area (TPSA) is 49.6 Å². The van der Waals surface area contributed by atoms with Crippen LogP contribution in [0.3, 0.4) is 0 Å². The van der Waals surface area contributed by atoms with Crippen molar-refractivity contribution in [3.8, 4) is 0 Å². The number of benzene rings is 1. The van der Waals surface area contributed by atoms with Gasteiger partial charge in [0.25, 0.3) is 0 Å². The average molecular weight is 338 g/mol. The summed E-state index contributed by atoms with van der Waals surface area (Å²) in [4.78, 5) is 16.3. The Morgan fingerprint density at radius 1 is 1.48 bits per heavy atom. The molecule has 128 valence electrons. The van der Waals surface area contributed by atoms with Gasteiger partial charge in [-0.1, -0.05) is 32.4 Å². The van der Waals surface area contributed by atoms with Gasteiger partial charge in [-0.2, -0.15) is 0 Å². The monoisotopic (exact) mass is 337 g/mol. The Kier molecular flexibility index (Phi) is 6.17. The lowest BCUT2D eigenvalue weighted by molar-refractivity contribution is -0.129. The van der Waals surface area contributed by atoms with Crippen LogP contribution in [0, 0.1) is 5.92 Å². The molecule has 0 bridgehead atoms. The van der Waals surface area contributed by atoms with E-state index in [0.29, 0.717) is 29.1 Å². The van der Waals surface area contributed by atoms with Crippen LogP contribution in [0.5, 0.6) is 0 Å².